The summed E-state index contributed by atoms with van der Waals surface area (Å²) in [5.41, 5.74) is 0.126. The minimum Gasteiger partial charge on any atom is -0.319 e. The van der Waals surface area contributed by atoms with E-state index in [2.05, 4.69) is 10.3 Å². The first-order chi connectivity index (χ1) is 14.3. The Morgan fingerprint density at radius 1 is 1.13 bits per heavy atom. The van der Waals surface area contributed by atoms with Crippen molar-refractivity contribution in [2.45, 2.75) is 13.5 Å². The molecule has 0 aliphatic carbocycles. The monoisotopic (exact) mass is 429 g/mol. The number of hydrogen-bond acceptors (Lipinski definition) is 4. The normalized spacial score (nSPS) is 11.1. The number of benzene rings is 2. The van der Waals surface area contributed by atoms with Crippen LogP contribution in [0, 0.1) is 24.4 Å². The molecule has 0 saturated carbocycles. The summed E-state index contributed by atoms with van der Waals surface area (Å²) in [6.07, 6.45) is 1.30. The lowest BCUT2D eigenvalue weighted by Gasteiger charge is -2.07. The number of nitrogens with one attached hydrogen (secondary N) is 1. The third-order valence-corrected chi connectivity index (χ3v) is 5.80. The van der Waals surface area contributed by atoms with Gasteiger partial charge in [0.1, 0.15) is 22.3 Å². The molecule has 0 unspecified atom stereocenters. The summed E-state index contributed by atoms with van der Waals surface area (Å²) in [5, 5.41) is 2.62. The number of carbonyl (C=O) groups is 1. The first kappa shape index (κ1) is 19.8. The maximum Gasteiger partial charge on any atom is 0.266 e. The van der Waals surface area contributed by atoms with Gasteiger partial charge in [-0.3, -0.25) is 14.2 Å². The van der Waals surface area contributed by atoms with Crippen LogP contribution in [0.5, 0.6) is 0 Å². The third-order valence-electron chi connectivity index (χ3n) is 4.60. The predicted molar refractivity (Wildman–Crippen MR) is 108 cm³/mol. The van der Waals surface area contributed by atoms with Crippen LogP contribution in [0.1, 0.15) is 20.8 Å². The van der Waals surface area contributed by atoms with Gasteiger partial charge in [-0.15, -0.1) is 11.3 Å². The van der Waals surface area contributed by atoms with Crippen molar-refractivity contribution in [3.8, 4) is 0 Å². The van der Waals surface area contributed by atoms with Crippen molar-refractivity contribution >= 4 is 33.1 Å². The van der Waals surface area contributed by atoms with Gasteiger partial charge < -0.3 is 5.32 Å². The maximum absolute atomic E-state index is 13.9. The van der Waals surface area contributed by atoms with Crippen molar-refractivity contribution in [2.24, 2.45) is 0 Å². The van der Waals surface area contributed by atoms with Crippen molar-refractivity contribution in [3.05, 3.63) is 92.6 Å². The Balaban J connectivity index is 1.70. The van der Waals surface area contributed by atoms with Crippen molar-refractivity contribution in [1.82, 2.24) is 9.55 Å². The average molecular weight is 429 g/mol. The van der Waals surface area contributed by atoms with E-state index in [0.717, 1.165) is 23.5 Å². The number of anilines is 1. The Labute approximate surface area is 172 Å². The Bertz CT molecular complexity index is 1350. The van der Waals surface area contributed by atoms with E-state index < -0.39 is 28.9 Å². The lowest BCUT2D eigenvalue weighted by Crippen LogP contribution is -2.21. The number of thiophene rings is 1. The summed E-state index contributed by atoms with van der Waals surface area (Å²) in [6.45, 7) is 1.58. The quantitative estimate of drug-likeness (QED) is 0.520. The lowest BCUT2D eigenvalue weighted by molar-refractivity contribution is 0.102. The summed E-state index contributed by atoms with van der Waals surface area (Å²) in [7, 11) is 0. The molecule has 1 amide bonds. The van der Waals surface area contributed by atoms with Gasteiger partial charge in [0.25, 0.3) is 11.5 Å². The molecule has 0 aliphatic heterocycles. The topological polar surface area (TPSA) is 64.0 Å². The Morgan fingerprint density at radius 2 is 1.90 bits per heavy atom. The fourth-order valence-electron chi connectivity index (χ4n) is 3.07. The van der Waals surface area contributed by atoms with Crippen molar-refractivity contribution in [2.75, 3.05) is 5.32 Å². The van der Waals surface area contributed by atoms with Gasteiger partial charge in [0.05, 0.1) is 28.8 Å². The highest BCUT2D eigenvalue weighted by Gasteiger charge is 2.21. The zero-order chi connectivity index (χ0) is 21.4. The molecule has 0 saturated heterocycles. The van der Waals surface area contributed by atoms with Gasteiger partial charge in [0, 0.05) is 11.6 Å². The summed E-state index contributed by atoms with van der Waals surface area (Å²) in [4.78, 5) is 30.3. The first-order valence-corrected chi connectivity index (χ1v) is 9.65. The Hall–Kier alpha value is -3.46. The zero-order valence-electron chi connectivity index (χ0n) is 15.6. The van der Waals surface area contributed by atoms with Gasteiger partial charge in [0.2, 0.25) is 0 Å². The molecule has 0 fully saturated rings. The average Bonchev–Trinajstić information content (AvgIpc) is 3.05. The highest BCUT2D eigenvalue weighted by molar-refractivity contribution is 7.20. The smallest absolute Gasteiger partial charge is 0.266 e. The van der Waals surface area contributed by atoms with Crippen LogP contribution in [-0.2, 0) is 6.54 Å². The number of amides is 1. The van der Waals surface area contributed by atoms with E-state index >= 15 is 0 Å². The second-order valence-electron chi connectivity index (χ2n) is 6.58. The summed E-state index contributed by atoms with van der Waals surface area (Å²) < 4.78 is 42.1. The second-order valence-corrected chi connectivity index (χ2v) is 7.58. The Kier molecular flexibility index (Phi) is 5.13. The van der Waals surface area contributed by atoms with E-state index in [1.807, 2.05) is 0 Å². The van der Waals surface area contributed by atoms with E-state index in [1.165, 1.54) is 17.0 Å². The number of halogens is 3. The van der Waals surface area contributed by atoms with E-state index in [1.54, 1.807) is 25.1 Å². The molecule has 9 heteroatoms. The van der Waals surface area contributed by atoms with Crippen LogP contribution in [0.15, 0.2) is 53.6 Å². The molecule has 0 spiro atoms. The minimum absolute atomic E-state index is 0.00788. The van der Waals surface area contributed by atoms with Crippen LogP contribution < -0.4 is 10.9 Å². The molecule has 2 aromatic carbocycles. The van der Waals surface area contributed by atoms with Crippen molar-refractivity contribution in [3.63, 3.8) is 0 Å². The third kappa shape index (κ3) is 3.59. The first-order valence-electron chi connectivity index (χ1n) is 8.83. The molecule has 4 rings (SSSR count). The Morgan fingerprint density at radius 3 is 2.63 bits per heavy atom. The summed E-state index contributed by atoms with van der Waals surface area (Å²) >= 11 is 0.985. The number of aryl methyl sites for hydroxylation is 1. The van der Waals surface area contributed by atoms with Crippen molar-refractivity contribution in [1.29, 1.82) is 0 Å². The van der Waals surface area contributed by atoms with Crippen molar-refractivity contribution < 1.29 is 18.0 Å². The van der Waals surface area contributed by atoms with Crippen LogP contribution in [0.2, 0.25) is 0 Å². The minimum atomic E-state index is -0.910. The standard InChI is InChI=1S/C21H14F3N3O2S/c1-11-17-20(25-10-27(21(17)29)9-12-4-2-3-5-14(12)23)30-18(11)19(28)26-16-7-6-13(22)8-15(16)24/h2-8,10H,9H2,1H3,(H,26,28). The van der Waals surface area contributed by atoms with Crippen LogP contribution >= 0.6 is 11.3 Å². The molecule has 0 aliphatic rings. The molecular weight excluding hydrogens is 415 g/mol. The van der Waals surface area contributed by atoms with E-state index in [-0.39, 0.29) is 22.5 Å². The highest BCUT2D eigenvalue weighted by Crippen LogP contribution is 2.28. The molecule has 4 aromatic rings. The molecule has 1 N–H and O–H groups in total. The highest BCUT2D eigenvalue weighted by atomic mass is 32.1. The number of hydrogen-bond donors (Lipinski definition) is 1. The number of rotatable bonds is 4. The summed E-state index contributed by atoms with van der Waals surface area (Å²) in [5.74, 6) is -2.75. The van der Waals surface area contributed by atoms with E-state index in [0.29, 0.717) is 22.0 Å². The van der Waals surface area contributed by atoms with Gasteiger partial charge in [-0.1, -0.05) is 18.2 Å². The van der Waals surface area contributed by atoms with Crippen LogP contribution in [0.4, 0.5) is 18.9 Å². The largest absolute Gasteiger partial charge is 0.319 e. The van der Waals surface area contributed by atoms with Gasteiger partial charge in [-0.25, -0.2) is 18.2 Å². The number of aromatic nitrogens is 2. The maximum atomic E-state index is 13.9. The van der Waals surface area contributed by atoms with Gasteiger partial charge in [-0.2, -0.15) is 0 Å². The van der Waals surface area contributed by atoms with E-state index in [4.69, 9.17) is 0 Å². The molecular formula is C21H14F3N3O2S. The molecule has 0 atom stereocenters. The summed E-state index contributed by atoms with van der Waals surface area (Å²) in [6, 6.07) is 8.91. The lowest BCUT2D eigenvalue weighted by atomic mass is 10.2. The van der Waals surface area contributed by atoms with Gasteiger partial charge >= 0.3 is 0 Å². The molecule has 0 bridgehead atoms. The van der Waals surface area contributed by atoms with E-state index in [9.17, 15) is 22.8 Å². The van der Waals surface area contributed by atoms with Crippen LogP contribution in [0.25, 0.3) is 10.2 Å². The van der Waals surface area contributed by atoms with Crippen LogP contribution in [-0.4, -0.2) is 15.5 Å². The number of carbonyl (C=O) groups excluding carboxylic acids is 1. The fraction of sp³-hybridized carbons (Fsp3) is 0.0952. The van der Waals surface area contributed by atoms with Gasteiger partial charge in [-0.05, 0) is 30.7 Å². The molecule has 5 nitrogen and oxygen atoms in total. The number of fused-ring (bicyclic) bond motifs is 1. The molecule has 2 heterocycles. The molecule has 0 radical (unpaired) electrons. The molecule has 2 aromatic heterocycles. The fourth-order valence-corrected chi connectivity index (χ4v) is 4.10. The van der Waals surface area contributed by atoms with Gasteiger partial charge in [0.15, 0.2) is 0 Å². The number of nitrogens with zero attached hydrogens (tertiary/aromatic N) is 2. The molecule has 30 heavy (non-hydrogen) atoms. The second kappa shape index (κ2) is 7.75. The van der Waals surface area contributed by atoms with Crippen LogP contribution in [0.3, 0.4) is 0 Å². The predicted octanol–water partition coefficient (Wildman–Crippen LogP) is 4.48. The zero-order valence-corrected chi connectivity index (χ0v) is 16.4. The molecule has 152 valence electrons. The SMILES string of the molecule is Cc1c(C(=O)Nc2ccc(F)cc2F)sc2ncn(Cc3ccccc3F)c(=O)c12.